The van der Waals surface area contributed by atoms with Gasteiger partial charge in [-0.2, -0.15) is 4.99 Å². The molecular formula is C21H24N2O3S3. The van der Waals surface area contributed by atoms with Gasteiger partial charge in [-0.15, -0.1) is 11.8 Å². The van der Waals surface area contributed by atoms with E-state index in [2.05, 4.69) is 23.2 Å². The number of hydrogen-bond donors (Lipinski definition) is 0. The minimum Gasteiger partial charge on any atom is -0.317 e. The quantitative estimate of drug-likeness (QED) is 0.483. The molecule has 1 heterocycles. The molecule has 0 aliphatic carbocycles. The largest absolute Gasteiger partial charge is 0.317 e. The minimum atomic E-state index is -3.24. The molecule has 0 saturated carbocycles. The molecule has 3 aromatic rings. The lowest BCUT2D eigenvalue weighted by atomic mass is 10.2. The highest BCUT2D eigenvalue weighted by molar-refractivity contribution is 7.98. The molecule has 154 valence electrons. The van der Waals surface area contributed by atoms with E-state index in [0.29, 0.717) is 4.80 Å². The van der Waals surface area contributed by atoms with Crippen LogP contribution in [0.5, 0.6) is 0 Å². The topological polar surface area (TPSA) is 68.5 Å². The molecule has 5 nitrogen and oxygen atoms in total. The van der Waals surface area contributed by atoms with E-state index in [4.69, 9.17) is 0 Å². The standard InChI is InChI=1S/C21H24N2O3S3/c1-3-23-18-12-11-17(27-2)14-19(18)28-21(23)22-20(24)10-7-13-29(25,26)15-16-8-5-4-6-9-16/h4-6,8-9,11-12,14H,3,7,10,13,15H2,1-2H3. The van der Waals surface area contributed by atoms with E-state index in [1.54, 1.807) is 23.9 Å². The van der Waals surface area contributed by atoms with Gasteiger partial charge in [-0.1, -0.05) is 41.7 Å². The fourth-order valence-electron chi connectivity index (χ4n) is 3.08. The molecule has 0 aliphatic heterocycles. The maximum absolute atomic E-state index is 12.4. The van der Waals surface area contributed by atoms with Gasteiger partial charge in [-0.05, 0) is 43.4 Å². The molecule has 0 saturated heterocycles. The lowest BCUT2D eigenvalue weighted by molar-refractivity contribution is -0.118. The average Bonchev–Trinajstić information content (AvgIpc) is 3.03. The number of thiazole rings is 1. The number of aromatic nitrogens is 1. The van der Waals surface area contributed by atoms with Gasteiger partial charge in [0.2, 0.25) is 5.91 Å². The number of hydrogen-bond acceptors (Lipinski definition) is 5. The Morgan fingerprint density at radius 3 is 2.62 bits per heavy atom. The first-order valence-electron chi connectivity index (χ1n) is 9.41. The zero-order valence-electron chi connectivity index (χ0n) is 16.5. The summed E-state index contributed by atoms with van der Waals surface area (Å²) < 4.78 is 27.7. The molecule has 2 aromatic carbocycles. The predicted octanol–water partition coefficient (Wildman–Crippen LogP) is 4.27. The van der Waals surface area contributed by atoms with Crippen LogP contribution in [-0.4, -0.2) is 30.9 Å². The number of nitrogens with zero attached hydrogens (tertiary/aromatic N) is 2. The predicted molar refractivity (Wildman–Crippen MR) is 121 cm³/mol. The first-order chi connectivity index (χ1) is 13.9. The van der Waals surface area contributed by atoms with Gasteiger partial charge in [0, 0.05) is 17.9 Å². The summed E-state index contributed by atoms with van der Waals surface area (Å²) in [6.07, 6.45) is 2.44. The Balaban J connectivity index is 1.67. The SMILES string of the molecule is CCn1c(=NC(=O)CCCS(=O)(=O)Cc2ccccc2)sc2cc(SC)ccc21. The van der Waals surface area contributed by atoms with Crippen molar-refractivity contribution in [2.75, 3.05) is 12.0 Å². The van der Waals surface area contributed by atoms with Crippen LogP contribution in [0.3, 0.4) is 0 Å². The van der Waals surface area contributed by atoms with Crippen LogP contribution in [0.15, 0.2) is 58.4 Å². The van der Waals surface area contributed by atoms with Crippen LogP contribution in [0, 0.1) is 0 Å². The molecule has 0 fully saturated rings. The Morgan fingerprint density at radius 1 is 1.17 bits per heavy atom. The van der Waals surface area contributed by atoms with Crippen LogP contribution in [0.25, 0.3) is 10.2 Å². The van der Waals surface area contributed by atoms with Crippen LogP contribution >= 0.6 is 23.1 Å². The molecule has 0 aliphatic rings. The second-order valence-electron chi connectivity index (χ2n) is 6.65. The summed E-state index contributed by atoms with van der Waals surface area (Å²) in [6.45, 7) is 2.74. The lowest BCUT2D eigenvalue weighted by Crippen LogP contribution is -2.16. The maximum atomic E-state index is 12.4. The van der Waals surface area contributed by atoms with E-state index in [1.165, 1.54) is 16.2 Å². The second kappa shape index (κ2) is 9.73. The van der Waals surface area contributed by atoms with Gasteiger partial charge in [0.1, 0.15) is 0 Å². The molecule has 0 radical (unpaired) electrons. The van der Waals surface area contributed by atoms with Gasteiger partial charge in [-0.3, -0.25) is 4.79 Å². The fourth-order valence-corrected chi connectivity index (χ4v) is 6.17. The minimum absolute atomic E-state index is 0.00307. The van der Waals surface area contributed by atoms with E-state index in [-0.39, 0.29) is 30.3 Å². The van der Waals surface area contributed by atoms with Crippen LogP contribution < -0.4 is 4.80 Å². The van der Waals surface area contributed by atoms with Gasteiger partial charge in [-0.25, -0.2) is 8.42 Å². The molecule has 0 atom stereocenters. The van der Waals surface area contributed by atoms with Crippen molar-refractivity contribution >= 4 is 49.1 Å². The molecule has 0 unspecified atom stereocenters. The Labute approximate surface area is 179 Å². The molecule has 29 heavy (non-hydrogen) atoms. The van der Waals surface area contributed by atoms with Crippen molar-refractivity contribution in [2.45, 2.75) is 37.0 Å². The van der Waals surface area contributed by atoms with E-state index in [1.807, 2.05) is 35.9 Å². The first-order valence-corrected chi connectivity index (χ1v) is 13.3. The van der Waals surface area contributed by atoms with Crippen molar-refractivity contribution in [2.24, 2.45) is 4.99 Å². The van der Waals surface area contributed by atoms with Crippen LogP contribution in [-0.2, 0) is 26.9 Å². The Bertz CT molecular complexity index is 1160. The summed E-state index contributed by atoms with van der Waals surface area (Å²) in [4.78, 5) is 18.5. The van der Waals surface area contributed by atoms with Crippen molar-refractivity contribution in [3.63, 3.8) is 0 Å². The van der Waals surface area contributed by atoms with Crippen molar-refractivity contribution in [1.82, 2.24) is 4.57 Å². The average molecular weight is 449 g/mol. The molecule has 0 N–H and O–H groups in total. The zero-order chi connectivity index (χ0) is 20.9. The number of fused-ring (bicyclic) bond motifs is 1. The number of carbonyl (C=O) groups excluding carboxylic acids is 1. The first kappa shape index (κ1) is 21.8. The number of carbonyl (C=O) groups is 1. The second-order valence-corrected chi connectivity index (χ2v) is 10.7. The van der Waals surface area contributed by atoms with Crippen molar-refractivity contribution in [1.29, 1.82) is 0 Å². The van der Waals surface area contributed by atoms with E-state index in [0.717, 1.165) is 22.3 Å². The summed E-state index contributed by atoms with van der Waals surface area (Å²) in [5.74, 6) is -0.289. The van der Waals surface area contributed by atoms with Crippen LogP contribution in [0.4, 0.5) is 0 Å². The number of amides is 1. The highest BCUT2D eigenvalue weighted by Gasteiger charge is 2.13. The Morgan fingerprint density at radius 2 is 1.93 bits per heavy atom. The summed E-state index contributed by atoms with van der Waals surface area (Å²) in [5.41, 5.74) is 1.83. The van der Waals surface area contributed by atoms with E-state index >= 15 is 0 Å². The van der Waals surface area contributed by atoms with Crippen molar-refractivity contribution in [3.8, 4) is 0 Å². The summed E-state index contributed by atoms with van der Waals surface area (Å²) in [5, 5.41) is 0. The molecular weight excluding hydrogens is 424 g/mol. The number of aryl methyl sites for hydroxylation is 1. The molecule has 0 spiro atoms. The van der Waals surface area contributed by atoms with Crippen LogP contribution in [0.1, 0.15) is 25.3 Å². The maximum Gasteiger partial charge on any atom is 0.248 e. The van der Waals surface area contributed by atoms with Crippen molar-refractivity contribution in [3.05, 3.63) is 58.9 Å². The van der Waals surface area contributed by atoms with Crippen LogP contribution in [0.2, 0.25) is 0 Å². The summed E-state index contributed by atoms with van der Waals surface area (Å²) in [7, 11) is -3.24. The zero-order valence-corrected chi connectivity index (χ0v) is 18.9. The van der Waals surface area contributed by atoms with Gasteiger partial charge in [0.05, 0.1) is 21.7 Å². The van der Waals surface area contributed by atoms with E-state index < -0.39 is 9.84 Å². The number of benzene rings is 2. The Hall–Kier alpha value is -1.90. The summed E-state index contributed by atoms with van der Waals surface area (Å²) >= 11 is 3.17. The lowest BCUT2D eigenvalue weighted by Gasteiger charge is -2.03. The number of thioether (sulfide) groups is 1. The molecule has 8 heteroatoms. The highest BCUT2D eigenvalue weighted by Crippen LogP contribution is 2.24. The van der Waals surface area contributed by atoms with Gasteiger partial charge >= 0.3 is 0 Å². The van der Waals surface area contributed by atoms with Crippen molar-refractivity contribution < 1.29 is 13.2 Å². The third-order valence-electron chi connectivity index (χ3n) is 4.50. The fraction of sp³-hybridized carbons (Fsp3) is 0.333. The molecule has 3 rings (SSSR count). The Kier molecular flexibility index (Phi) is 7.32. The van der Waals surface area contributed by atoms with Gasteiger partial charge < -0.3 is 4.57 Å². The smallest absolute Gasteiger partial charge is 0.248 e. The monoisotopic (exact) mass is 448 g/mol. The van der Waals surface area contributed by atoms with Gasteiger partial charge in [0.15, 0.2) is 14.6 Å². The number of sulfone groups is 1. The third kappa shape index (κ3) is 5.81. The molecule has 1 aromatic heterocycles. The molecule has 0 bridgehead atoms. The van der Waals surface area contributed by atoms with Gasteiger partial charge in [0.25, 0.3) is 0 Å². The normalized spacial score (nSPS) is 12.6. The summed E-state index contributed by atoms with van der Waals surface area (Å²) in [6, 6.07) is 15.3. The van der Waals surface area contributed by atoms with E-state index in [9.17, 15) is 13.2 Å². The highest BCUT2D eigenvalue weighted by atomic mass is 32.2. The number of rotatable bonds is 8. The third-order valence-corrected chi connectivity index (χ3v) is 7.95. The molecule has 1 amide bonds.